The molecule has 0 aromatic heterocycles. The van der Waals surface area contributed by atoms with Crippen molar-refractivity contribution in [3.8, 4) is 0 Å². The largest absolute Gasteiger partial charge is 0.417 e. The standard InChI is InChI=1S/C14H20F3N3S/c1-4-9(8-21-3)20(2)10-5-6-11(13(18)19)12(7-10)14(15,16)17/h5-7,9H,4,8H2,1-3H3,(H3,18,19). The van der Waals surface area contributed by atoms with Gasteiger partial charge in [0.15, 0.2) is 0 Å². The molecule has 118 valence electrons. The molecule has 1 rings (SSSR count). The molecular formula is C14H20F3N3S. The van der Waals surface area contributed by atoms with Gasteiger partial charge in [-0.2, -0.15) is 24.9 Å². The van der Waals surface area contributed by atoms with Crippen molar-refractivity contribution in [2.24, 2.45) is 5.73 Å². The van der Waals surface area contributed by atoms with Crippen LogP contribution in [0, 0.1) is 5.41 Å². The number of alkyl halides is 3. The average molecular weight is 319 g/mol. The van der Waals surface area contributed by atoms with Crippen LogP contribution in [0.5, 0.6) is 0 Å². The second-order valence-electron chi connectivity index (χ2n) is 4.77. The lowest BCUT2D eigenvalue weighted by Gasteiger charge is -2.29. The van der Waals surface area contributed by atoms with Gasteiger partial charge in [-0.05, 0) is 30.9 Å². The molecule has 0 spiro atoms. The van der Waals surface area contributed by atoms with Crippen LogP contribution in [0.15, 0.2) is 18.2 Å². The first kappa shape index (κ1) is 17.7. The molecule has 0 fully saturated rings. The molecule has 3 N–H and O–H groups in total. The number of nitrogen functional groups attached to an aromatic ring is 1. The van der Waals surface area contributed by atoms with E-state index < -0.39 is 17.6 Å². The summed E-state index contributed by atoms with van der Waals surface area (Å²) in [5.41, 5.74) is 4.57. The maximum atomic E-state index is 13.1. The predicted octanol–water partition coefficient (Wildman–Crippen LogP) is 3.57. The second kappa shape index (κ2) is 7.06. The maximum Gasteiger partial charge on any atom is 0.417 e. The molecule has 0 bridgehead atoms. The van der Waals surface area contributed by atoms with Crippen molar-refractivity contribution in [3.05, 3.63) is 29.3 Å². The van der Waals surface area contributed by atoms with E-state index >= 15 is 0 Å². The molecule has 0 heterocycles. The summed E-state index contributed by atoms with van der Waals surface area (Å²) in [4.78, 5) is 1.84. The van der Waals surface area contributed by atoms with Gasteiger partial charge in [-0.25, -0.2) is 0 Å². The van der Waals surface area contributed by atoms with E-state index in [-0.39, 0.29) is 11.6 Å². The highest BCUT2D eigenvalue weighted by atomic mass is 32.2. The first-order chi connectivity index (χ1) is 9.72. The van der Waals surface area contributed by atoms with Gasteiger partial charge in [0, 0.05) is 30.1 Å². The molecule has 0 aliphatic carbocycles. The molecule has 1 unspecified atom stereocenters. The van der Waals surface area contributed by atoms with Gasteiger partial charge < -0.3 is 10.6 Å². The summed E-state index contributed by atoms with van der Waals surface area (Å²) < 4.78 is 39.3. The molecule has 21 heavy (non-hydrogen) atoms. The fraction of sp³-hybridized carbons (Fsp3) is 0.500. The predicted molar refractivity (Wildman–Crippen MR) is 83.3 cm³/mol. The molecule has 3 nitrogen and oxygen atoms in total. The van der Waals surface area contributed by atoms with E-state index in [4.69, 9.17) is 11.1 Å². The quantitative estimate of drug-likeness (QED) is 0.622. The van der Waals surface area contributed by atoms with Crippen LogP contribution < -0.4 is 10.6 Å². The molecule has 0 amide bonds. The first-order valence-corrected chi connectivity index (χ1v) is 7.89. The number of anilines is 1. The van der Waals surface area contributed by atoms with Crippen molar-refractivity contribution in [3.63, 3.8) is 0 Å². The molecule has 7 heteroatoms. The Kier molecular flexibility index (Phi) is 5.95. The molecule has 1 aromatic rings. The molecule has 0 radical (unpaired) electrons. The minimum Gasteiger partial charge on any atom is -0.384 e. The van der Waals surface area contributed by atoms with Crippen molar-refractivity contribution >= 4 is 23.3 Å². The molecule has 0 saturated carbocycles. The van der Waals surface area contributed by atoms with Gasteiger partial charge in [0.2, 0.25) is 0 Å². The summed E-state index contributed by atoms with van der Waals surface area (Å²) in [6.45, 7) is 2.01. The zero-order valence-corrected chi connectivity index (χ0v) is 13.1. The van der Waals surface area contributed by atoms with Gasteiger partial charge in [-0.1, -0.05) is 6.92 Å². The number of thioether (sulfide) groups is 1. The Morgan fingerprint density at radius 2 is 2.05 bits per heavy atom. The highest BCUT2D eigenvalue weighted by molar-refractivity contribution is 7.98. The molecule has 0 aliphatic rings. The van der Waals surface area contributed by atoms with Gasteiger partial charge in [-0.3, -0.25) is 5.41 Å². The number of nitrogens with two attached hydrogens (primary N) is 1. The Bertz CT molecular complexity index is 503. The van der Waals surface area contributed by atoms with Crippen LogP contribution in [-0.2, 0) is 6.18 Å². The molecule has 0 aliphatic heterocycles. The Balaban J connectivity index is 3.24. The third-order valence-corrected chi connectivity index (χ3v) is 4.10. The average Bonchev–Trinajstić information content (AvgIpc) is 2.42. The summed E-state index contributed by atoms with van der Waals surface area (Å²) in [5, 5.41) is 7.28. The van der Waals surface area contributed by atoms with Crippen molar-refractivity contribution in [1.82, 2.24) is 0 Å². The topological polar surface area (TPSA) is 53.1 Å². The third kappa shape index (κ3) is 4.30. The van der Waals surface area contributed by atoms with Gasteiger partial charge in [-0.15, -0.1) is 0 Å². The van der Waals surface area contributed by atoms with E-state index in [9.17, 15) is 13.2 Å². The highest BCUT2D eigenvalue weighted by Gasteiger charge is 2.34. The Morgan fingerprint density at radius 3 is 2.48 bits per heavy atom. The fourth-order valence-corrected chi connectivity index (χ4v) is 2.97. The van der Waals surface area contributed by atoms with E-state index in [1.807, 2.05) is 18.1 Å². The zero-order chi connectivity index (χ0) is 16.2. The van der Waals surface area contributed by atoms with E-state index in [1.54, 1.807) is 24.9 Å². The van der Waals surface area contributed by atoms with Crippen LogP contribution in [0.4, 0.5) is 18.9 Å². The number of amidine groups is 1. The third-order valence-electron chi connectivity index (χ3n) is 3.38. The number of nitrogens with one attached hydrogen (secondary N) is 1. The van der Waals surface area contributed by atoms with E-state index in [2.05, 4.69) is 0 Å². The van der Waals surface area contributed by atoms with Gasteiger partial charge in [0.05, 0.1) is 5.56 Å². The van der Waals surface area contributed by atoms with Crippen LogP contribution in [0.25, 0.3) is 0 Å². The summed E-state index contributed by atoms with van der Waals surface area (Å²) in [7, 11) is 1.79. The molecular weight excluding hydrogens is 299 g/mol. The highest BCUT2D eigenvalue weighted by Crippen LogP contribution is 2.35. The lowest BCUT2D eigenvalue weighted by molar-refractivity contribution is -0.137. The number of nitrogens with zero attached hydrogens (tertiary/aromatic N) is 1. The lowest BCUT2D eigenvalue weighted by Crippen LogP contribution is -2.33. The monoisotopic (exact) mass is 319 g/mol. The van der Waals surface area contributed by atoms with Crippen molar-refractivity contribution in [2.45, 2.75) is 25.6 Å². The molecule has 0 saturated heterocycles. The minimum absolute atomic E-state index is 0.157. The second-order valence-corrected chi connectivity index (χ2v) is 5.68. The SMILES string of the molecule is CCC(CSC)N(C)c1ccc(C(=N)N)c(C(F)(F)F)c1. The normalized spacial score (nSPS) is 13.0. The summed E-state index contributed by atoms with van der Waals surface area (Å²) in [5.74, 6) is 0.260. The summed E-state index contributed by atoms with van der Waals surface area (Å²) in [6, 6.07) is 4.07. The van der Waals surface area contributed by atoms with Crippen molar-refractivity contribution in [1.29, 1.82) is 5.41 Å². The van der Waals surface area contributed by atoms with Crippen LogP contribution in [0.1, 0.15) is 24.5 Å². The van der Waals surface area contributed by atoms with E-state index in [0.717, 1.165) is 18.2 Å². The molecule has 1 atom stereocenters. The fourth-order valence-electron chi connectivity index (χ4n) is 2.13. The number of benzene rings is 1. The Labute approximate surface area is 127 Å². The lowest BCUT2D eigenvalue weighted by atomic mass is 10.0. The first-order valence-electron chi connectivity index (χ1n) is 6.49. The Hall–Kier alpha value is -1.37. The number of halogens is 3. The minimum atomic E-state index is -4.53. The summed E-state index contributed by atoms with van der Waals surface area (Å²) >= 11 is 1.66. The zero-order valence-electron chi connectivity index (χ0n) is 12.3. The smallest absolute Gasteiger partial charge is 0.384 e. The van der Waals surface area contributed by atoms with Gasteiger partial charge >= 0.3 is 6.18 Å². The van der Waals surface area contributed by atoms with E-state index in [0.29, 0.717) is 5.69 Å². The van der Waals surface area contributed by atoms with Crippen LogP contribution >= 0.6 is 11.8 Å². The number of hydrogen-bond donors (Lipinski definition) is 2. The van der Waals surface area contributed by atoms with Crippen molar-refractivity contribution < 1.29 is 13.2 Å². The van der Waals surface area contributed by atoms with Crippen LogP contribution in [0.2, 0.25) is 0 Å². The number of hydrogen-bond acceptors (Lipinski definition) is 3. The van der Waals surface area contributed by atoms with Gasteiger partial charge in [0.25, 0.3) is 0 Å². The Morgan fingerprint density at radius 1 is 1.43 bits per heavy atom. The van der Waals surface area contributed by atoms with Crippen molar-refractivity contribution in [2.75, 3.05) is 24.0 Å². The van der Waals surface area contributed by atoms with Crippen LogP contribution in [-0.4, -0.2) is 30.9 Å². The summed E-state index contributed by atoms with van der Waals surface area (Å²) in [6.07, 6.45) is -1.72. The number of rotatable bonds is 6. The maximum absolute atomic E-state index is 13.1. The van der Waals surface area contributed by atoms with Crippen LogP contribution in [0.3, 0.4) is 0 Å². The van der Waals surface area contributed by atoms with E-state index in [1.165, 1.54) is 6.07 Å². The van der Waals surface area contributed by atoms with Gasteiger partial charge in [0.1, 0.15) is 5.84 Å². The molecule has 1 aromatic carbocycles.